The second-order valence-corrected chi connectivity index (χ2v) is 8.13. The van der Waals surface area contributed by atoms with Gasteiger partial charge in [-0.25, -0.2) is 15.0 Å². The van der Waals surface area contributed by atoms with Crippen molar-refractivity contribution in [2.24, 2.45) is 0 Å². The van der Waals surface area contributed by atoms with Crippen LogP contribution in [0.5, 0.6) is 11.6 Å². The van der Waals surface area contributed by atoms with Crippen molar-refractivity contribution in [3.8, 4) is 22.2 Å². The molecule has 0 fully saturated rings. The van der Waals surface area contributed by atoms with E-state index in [1.54, 1.807) is 17.4 Å². The number of fused-ring (bicyclic) bond motifs is 4. The van der Waals surface area contributed by atoms with Gasteiger partial charge in [0.15, 0.2) is 0 Å². The van der Waals surface area contributed by atoms with Crippen molar-refractivity contribution < 1.29 is 23.4 Å². The highest BCUT2D eigenvalue weighted by atomic mass is 32.1. The van der Waals surface area contributed by atoms with Crippen molar-refractivity contribution in [2.75, 3.05) is 6.61 Å². The van der Waals surface area contributed by atoms with E-state index in [1.807, 2.05) is 25.1 Å². The molecule has 0 saturated heterocycles. The number of nitrogens with zero attached hydrogens (tertiary/aromatic N) is 3. The first-order valence-electron chi connectivity index (χ1n) is 9.44. The molecule has 154 valence electrons. The molecule has 1 aliphatic rings. The van der Waals surface area contributed by atoms with Crippen molar-refractivity contribution in [2.45, 2.75) is 32.5 Å². The fourth-order valence-corrected chi connectivity index (χ4v) is 4.89. The van der Waals surface area contributed by atoms with Gasteiger partial charge in [0.1, 0.15) is 16.9 Å². The first-order valence-corrected chi connectivity index (χ1v) is 10.3. The highest BCUT2D eigenvalue weighted by Gasteiger charge is 2.26. The minimum Gasteiger partial charge on any atom is -0.490 e. The van der Waals surface area contributed by atoms with Gasteiger partial charge >= 0.3 is 6.61 Å². The number of rotatable bonds is 5. The normalized spacial score (nSPS) is 15.7. The van der Waals surface area contributed by atoms with Crippen LogP contribution in [0.15, 0.2) is 30.5 Å². The van der Waals surface area contributed by atoms with Crippen LogP contribution in [-0.4, -0.2) is 39.4 Å². The number of alkyl halides is 2. The number of aliphatic hydroxyl groups is 1. The summed E-state index contributed by atoms with van der Waals surface area (Å²) < 4.78 is 36.4. The van der Waals surface area contributed by atoms with E-state index in [2.05, 4.69) is 14.7 Å². The summed E-state index contributed by atoms with van der Waals surface area (Å²) in [6, 6.07) is 7.59. The van der Waals surface area contributed by atoms with Crippen LogP contribution in [0.25, 0.3) is 31.8 Å². The molecule has 1 atom stereocenters. The number of thiazole rings is 1. The summed E-state index contributed by atoms with van der Waals surface area (Å²) >= 11 is 1.54. The Bertz CT molecular complexity index is 1260. The molecule has 2 aromatic carbocycles. The molecule has 3 heterocycles. The smallest absolute Gasteiger partial charge is 0.388 e. The molecular formula is C21H17F2N3O3S. The molecule has 30 heavy (non-hydrogen) atoms. The first-order chi connectivity index (χ1) is 14.5. The number of benzene rings is 2. The van der Waals surface area contributed by atoms with Crippen LogP contribution in [0.3, 0.4) is 0 Å². The minimum absolute atomic E-state index is 0.0277. The van der Waals surface area contributed by atoms with Crippen LogP contribution in [-0.2, 0) is 6.42 Å². The Morgan fingerprint density at radius 2 is 2.13 bits per heavy atom. The maximum atomic E-state index is 12.5. The van der Waals surface area contributed by atoms with Crippen LogP contribution in [0.2, 0.25) is 0 Å². The number of aliphatic hydroxyl groups excluding tert-OH is 1. The zero-order valence-electron chi connectivity index (χ0n) is 15.9. The van der Waals surface area contributed by atoms with Crippen molar-refractivity contribution >= 4 is 32.6 Å². The van der Waals surface area contributed by atoms with Gasteiger partial charge in [-0.1, -0.05) is 0 Å². The molecule has 4 aromatic rings. The van der Waals surface area contributed by atoms with Gasteiger partial charge in [0.05, 0.1) is 27.4 Å². The van der Waals surface area contributed by atoms with E-state index in [0.717, 1.165) is 44.1 Å². The summed E-state index contributed by atoms with van der Waals surface area (Å²) in [5.74, 6) is 0.613. The van der Waals surface area contributed by atoms with Crippen LogP contribution in [0, 0.1) is 6.92 Å². The molecule has 1 aliphatic heterocycles. The Balaban J connectivity index is 1.61. The number of hydrogen-bond acceptors (Lipinski definition) is 7. The molecule has 6 nitrogen and oxygen atoms in total. The third-order valence-electron chi connectivity index (χ3n) is 5.00. The molecule has 0 aliphatic carbocycles. The Morgan fingerprint density at radius 3 is 2.93 bits per heavy atom. The molecular weight excluding hydrogens is 412 g/mol. The third kappa shape index (κ3) is 3.33. The number of aryl methyl sites for hydroxylation is 1. The highest BCUT2D eigenvalue weighted by molar-refractivity contribution is 7.22. The number of hydrogen-bond donors (Lipinski definition) is 1. The summed E-state index contributed by atoms with van der Waals surface area (Å²) in [5.41, 5.74) is 4.72. The lowest BCUT2D eigenvalue weighted by molar-refractivity contribution is -0.0528. The summed E-state index contributed by atoms with van der Waals surface area (Å²) in [7, 11) is 0. The maximum absolute atomic E-state index is 12.5. The van der Waals surface area contributed by atoms with E-state index < -0.39 is 6.61 Å². The van der Waals surface area contributed by atoms with Gasteiger partial charge in [-0.15, -0.1) is 11.3 Å². The summed E-state index contributed by atoms with van der Waals surface area (Å²) in [6.45, 7) is -0.964. The molecule has 0 amide bonds. The Morgan fingerprint density at radius 1 is 1.27 bits per heavy atom. The predicted octanol–water partition coefficient (Wildman–Crippen LogP) is 4.50. The quantitative estimate of drug-likeness (QED) is 0.503. The summed E-state index contributed by atoms with van der Waals surface area (Å²) in [4.78, 5) is 13.3. The maximum Gasteiger partial charge on any atom is 0.388 e. The molecule has 5 rings (SSSR count). The SMILES string of the molecule is Cc1cc(-c2nc3ccc4c(c3s2)C[C@@H](CCO)O4)c2ncc(OC(F)F)nc2c1. The minimum atomic E-state index is -2.95. The predicted molar refractivity (Wildman–Crippen MR) is 109 cm³/mol. The van der Waals surface area contributed by atoms with Gasteiger partial charge in [0, 0.05) is 30.6 Å². The van der Waals surface area contributed by atoms with E-state index in [4.69, 9.17) is 9.72 Å². The van der Waals surface area contributed by atoms with Crippen molar-refractivity contribution in [3.63, 3.8) is 0 Å². The van der Waals surface area contributed by atoms with Crippen molar-refractivity contribution in [1.82, 2.24) is 15.0 Å². The van der Waals surface area contributed by atoms with Crippen LogP contribution >= 0.6 is 11.3 Å². The average molecular weight is 429 g/mol. The molecule has 0 unspecified atom stereocenters. The molecule has 1 N–H and O–H groups in total. The van der Waals surface area contributed by atoms with Crippen LogP contribution in [0.4, 0.5) is 8.78 Å². The topological polar surface area (TPSA) is 77.4 Å². The van der Waals surface area contributed by atoms with Gasteiger partial charge in [0.25, 0.3) is 0 Å². The fraction of sp³-hybridized carbons (Fsp3) is 0.286. The lowest BCUT2D eigenvalue weighted by atomic mass is 10.1. The summed E-state index contributed by atoms with van der Waals surface area (Å²) in [5, 5.41) is 9.99. The zero-order chi connectivity index (χ0) is 20.8. The van der Waals surface area contributed by atoms with Crippen molar-refractivity contribution in [1.29, 1.82) is 0 Å². The number of aromatic nitrogens is 3. The van der Waals surface area contributed by atoms with Gasteiger partial charge in [-0.2, -0.15) is 8.78 Å². The van der Waals surface area contributed by atoms with Crippen molar-refractivity contribution in [3.05, 3.63) is 41.6 Å². The monoisotopic (exact) mass is 429 g/mol. The molecule has 9 heteroatoms. The number of halogens is 2. The molecule has 0 bridgehead atoms. The highest BCUT2D eigenvalue weighted by Crippen LogP contribution is 2.42. The van der Waals surface area contributed by atoms with E-state index in [-0.39, 0.29) is 18.6 Å². The third-order valence-corrected chi connectivity index (χ3v) is 6.17. The average Bonchev–Trinajstić information content (AvgIpc) is 3.30. The van der Waals surface area contributed by atoms with E-state index >= 15 is 0 Å². The zero-order valence-corrected chi connectivity index (χ0v) is 16.7. The summed E-state index contributed by atoms with van der Waals surface area (Å²) in [6.07, 6.45) is 2.49. The van der Waals surface area contributed by atoms with Crippen LogP contribution in [0.1, 0.15) is 17.5 Å². The molecule has 0 spiro atoms. The van der Waals surface area contributed by atoms with Gasteiger partial charge in [-0.05, 0) is 36.8 Å². The largest absolute Gasteiger partial charge is 0.490 e. The fourth-order valence-electron chi connectivity index (χ4n) is 3.76. The Kier molecular flexibility index (Phi) is 4.71. The van der Waals surface area contributed by atoms with Gasteiger partial charge in [0.2, 0.25) is 5.88 Å². The second-order valence-electron chi connectivity index (χ2n) is 7.13. The standard InChI is InChI=1S/C21H17F2N3O3S/c1-10-6-13(18-15(7-10)25-17(9-24-18)29-21(22)23)20-26-14-2-3-16-12(19(14)30-20)8-11(28-16)4-5-27/h2-3,6-7,9,11,21,27H,4-5,8H2,1H3/t11-/m1/s1. The van der Waals surface area contributed by atoms with E-state index in [1.165, 1.54) is 6.20 Å². The number of ether oxygens (including phenoxy) is 2. The van der Waals surface area contributed by atoms with E-state index in [9.17, 15) is 13.9 Å². The van der Waals surface area contributed by atoms with Crippen LogP contribution < -0.4 is 9.47 Å². The second kappa shape index (κ2) is 7.41. The molecule has 0 radical (unpaired) electrons. The van der Waals surface area contributed by atoms with Gasteiger partial charge < -0.3 is 14.6 Å². The van der Waals surface area contributed by atoms with E-state index in [0.29, 0.717) is 17.5 Å². The molecule has 0 saturated carbocycles. The molecule has 2 aromatic heterocycles. The lowest BCUT2D eigenvalue weighted by Gasteiger charge is -2.07. The Hall–Kier alpha value is -2.91. The Labute approximate surface area is 174 Å². The first kappa shape index (κ1) is 19.1. The van der Waals surface area contributed by atoms with Gasteiger partial charge in [-0.3, -0.25) is 0 Å². The lowest BCUT2D eigenvalue weighted by Crippen LogP contribution is -2.14.